The number of carbonyl (C=O) groups is 3. The zero-order valence-electron chi connectivity index (χ0n) is 13.2. The van der Waals surface area contributed by atoms with Gasteiger partial charge in [-0.25, -0.2) is 4.39 Å². The monoisotopic (exact) mass is 361 g/mol. The van der Waals surface area contributed by atoms with Crippen LogP contribution in [0.4, 0.5) is 4.39 Å². The summed E-state index contributed by atoms with van der Waals surface area (Å²) in [4.78, 5) is 38.8. The van der Waals surface area contributed by atoms with Crippen molar-refractivity contribution in [3.8, 4) is 0 Å². The van der Waals surface area contributed by atoms with E-state index in [1.54, 1.807) is 17.5 Å². The number of nitrogens with one attached hydrogen (secondary N) is 2. The van der Waals surface area contributed by atoms with Crippen LogP contribution in [0.2, 0.25) is 0 Å². The van der Waals surface area contributed by atoms with Gasteiger partial charge < -0.3 is 4.90 Å². The standard InChI is InChI=1S/C17H16FN3O3S/c18-12-7-5-11(6-8-12)15(22)19-20-16(23)13-3-1-9-21(13)17(24)14-4-2-10-25-14/h2,4-8,10,13H,1,3,9H2,(H,19,22)(H,20,23). The molecule has 0 spiro atoms. The first-order valence-electron chi connectivity index (χ1n) is 7.76. The van der Waals surface area contributed by atoms with Gasteiger partial charge in [-0.15, -0.1) is 11.3 Å². The molecule has 0 aliphatic carbocycles. The smallest absolute Gasteiger partial charge is 0.269 e. The molecule has 6 nitrogen and oxygen atoms in total. The fourth-order valence-corrected chi connectivity index (χ4v) is 3.38. The average molecular weight is 361 g/mol. The topological polar surface area (TPSA) is 78.5 Å². The van der Waals surface area contributed by atoms with Crippen molar-refractivity contribution in [1.29, 1.82) is 0 Å². The third kappa shape index (κ3) is 3.85. The molecule has 2 N–H and O–H groups in total. The maximum Gasteiger partial charge on any atom is 0.269 e. The Hall–Kier alpha value is -2.74. The minimum Gasteiger partial charge on any atom is -0.326 e. The highest BCUT2D eigenvalue weighted by atomic mass is 32.1. The van der Waals surface area contributed by atoms with Crippen molar-refractivity contribution in [3.05, 3.63) is 58.0 Å². The summed E-state index contributed by atoms with van der Waals surface area (Å²) in [5.41, 5.74) is 4.86. The second-order valence-corrected chi connectivity index (χ2v) is 6.53. The number of benzene rings is 1. The average Bonchev–Trinajstić information content (AvgIpc) is 3.30. The number of rotatable bonds is 3. The normalized spacial score (nSPS) is 16.5. The van der Waals surface area contributed by atoms with E-state index >= 15 is 0 Å². The van der Waals surface area contributed by atoms with Crippen LogP contribution in [0.1, 0.15) is 32.9 Å². The first-order valence-corrected chi connectivity index (χ1v) is 8.64. The van der Waals surface area contributed by atoms with Crippen molar-refractivity contribution in [2.45, 2.75) is 18.9 Å². The molecule has 2 heterocycles. The molecule has 1 aliphatic heterocycles. The molecule has 3 amide bonds. The second kappa shape index (κ2) is 7.43. The number of hydrogen-bond donors (Lipinski definition) is 2. The van der Waals surface area contributed by atoms with Crippen LogP contribution in [0.25, 0.3) is 0 Å². The summed E-state index contributed by atoms with van der Waals surface area (Å²) in [7, 11) is 0. The van der Waals surface area contributed by atoms with Crippen LogP contribution in [0, 0.1) is 5.82 Å². The molecule has 130 valence electrons. The number of hydrazine groups is 1. The lowest BCUT2D eigenvalue weighted by atomic mass is 10.2. The van der Waals surface area contributed by atoms with Gasteiger partial charge >= 0.3 is 0 Å². The molecule has 1 atom stereocenters. The van der Waals surface area contributed by atoms with Gasteiger partial charge in [0.25, 0.3) is 17.7 Å². The lowest BCUT2D eigenvalue weighted by molar-refractivity contribution is -0.125. The summed E-state index contributed by atoms with van der Waals surface area (Å²) in [6, 6.07) is 7.84. The third-order valence-electron chi connectivity index (χ3n) is 3.95. The Morgan fingerprint density at radius 2 is 1.88 bits per heavy atom. The lowest BCUT2D eigenvalue weighted by Gasteiger charge is -2.23. The molecule has 8 heteroatoms. The van der Waals surface area contributed by atoms with Crippen LogP contribution < -0.4 is 10.9 Å². The van der Waals surface area contributed by atoms with Gasteiger partial charge in [0.1, 0.15) is 11.9 Å². The van der Waals surface area contributed by atoms with Crippen molar-refractivity contribution >= 4 is 29.1 Å². The van der Waals surface area contributed by atoms with Crippen LogP contribution in [-0.2, 0) is 4.79 Å². The van der Waals surface area contributed by atoms with E-state index in [-0.39, 0.29) is 11.5 Å². The molecule has 1 aliphatic rings. The zero-order valence-corrected chi connectivity index (χ0v) is 14.0. The van der Waals surface area contributed by atoms with Crippen molar-refractivity contribution < 1.29 is 18.8 Å². The SMILES string of the molecule is O=C(NNC(=O)C1CCCN1C(=O)c1cccs1)c1ccc(F)cc1. The molecular weight excluding hydrogens is 345 g/mol. The van der Waals surface area contributed by atoms with Crippen molar-refractivity contribution in [3.63, 3.8) is 0 Å². The molecular formula is C17H16FN3O3S. The minimum atomic E-state index is -0.622. The highest BCUT2D eigenvalue weighted by Gasteiger charge is 2.35. The number of carbonyl (C=O) groups excluding carboxylic acids is 3. The molecule has 1 fully saturated rings. The van der Waals surface area contributed by atoms with E-state index in [1.165, 1.54) is 28.4 Å². The fourth-order valence-electron chi connectivity index (χ4n) is 2.70. The summed E-state index contributed by atoms with van der Waals surface area (Å²) in [5, 5.41) is 1.81. The van der Waals surface area contributed by atoms with Crippen LogP contribution in [0.5, 0.6) is 0 Å². The summed E-state index contributed by atoms with van der Waals surface area (Å²) in [5.74, 6) is -1.63. The van der Waals surface area contributed by atoms with Gasteiger partial charge in [0.15, 0.2) is 0 Å². The first kappa shape index (κ1) is 17.1. The van der Waals surface area contributed by atoms with E-state index in [0.29, 0.717) is 17.8 Å². The second-order valence-electron chi connectivity index (χ2n) is 5.58. The number of amides is 3. The molecule has 1 unspecified atom stereocenters. The Morgan fingerprint density at radius 3 is 2.56 bits per heavy atom. The van der Waals surface area contributed by atoms with Gasteiger partial charge in [0.05, 0.1) is 4.88 Å². The molecule has 1 saturated heterocycles. The Balaban J connectivity index is 1.59. The molecule has 0 bridgehead atoms. The molecule has 25 heavy (non-hydrogen) atoms. The summed E-state index contributed by atoms with van der Waals surface area (Å²) in [6.07, 6.45) is 1.26. The number of hydrogen-bond acceptors (Lipinski definition) is 4. The number of thiophene rings is 1. The van der Waals surface area contributed by atoms with Gasteiger partial charge in [-0.1, -0.05) is 6.07 Å². The Bertz CT molecular complexity index is 777. The number of nitrogens with zero attached hydrogens (tertiary/aromatic N) is 1. The van der Waals surface area contributed by atoms with Crippen LogP contribution >= 0.6 is 11.3 Å². The number of likely N-dealkylation sites (tertiary alicyclic amines) is 1. The lowest BCUT2D eigenvalue weighted by Crippen LogP contribution is -2.51. The van der Waals surface area contributed by atoms with Gasteiger partial charge in [-0.05, 0) is 48.6 Å². The molecule has 1 aromatic heterocycles. The van der Waals surface area contributed by atoms with Crippen LogP contribution in [-0.4, -0.2) is 35.2 Å². The van der Waals surface area contributed by atoms with E-state index in [4.69, 9.17) is 0 Å². The van der Waals surface area contributed by atoms with E-state index in [9.17, 15) is 18.8 Å². The zero-order chi connectivity index (χ0) is 17.8. The van der Waals surface area contributed by atoms with Gasteiger partial charge in [-0.3, -0.25) is 25.2 Å². The molecule has 2 aromatic rings. The minimum absolute atomic E-state index is 0.183. The molecule has 0 saturated carbocycles. The van der Waals surface area contributed by atoms with Gasteiger partial charge in [0.2, 0.25) is 0 Å². The quantitative estimate of drug-likeness (QED) is 0.821. The van der Waals surface area contributed by atoms with Crippen molar-refractivity contribution in [1.82, 2.24) is 15.8 Å². The van der Waals surface area contributed by atoms with Crippen molar-refractivity contribution in [2.75, 3.05) is 6.54 Å². The van der Waals surface area contributed by atoms with Crippen LogP contribution in [0.15, 0.2) is 41.8 Å². The Kier molecular flexibility index (Phi) is 5.08. The fraction of sp³-hybridized carbons (Fsp3) is 0.235. The molecule has 1 aromatic carbocycles. The van der Waals surface area contributed by atoms with Crippen molar-refractivity contribution in [2.24, 2.45) is 0 Å². The summed E-state index contributed by atoms with van der Waals surface area (Å²) >= 11 is 1.33. The third-order valence-corrected chi connectivity index (χ3v) is 4.81. The Morgan fingerprint density at radius 1 is 1.12 bits per heavy atom. The first-order chi connectivity index (χ1) is 12.1. The predicted octanol–water partition coefficient (Wildman–Crippen LogP) is 1.95. The van der Waals surface area contributed by atoms with Gasteiger partial charge in [0, 0.05) is 12.1 Å². The number of halogens is 1. The molecule has 0 radical (unpaired) electrons. The largest absolute Gasteiger partial charge is 0.326 e. The van der Waals surface area contributed by atoms with E-state index < -0.39 is 23.7 Å². The summed E-state index contributed by atoms with van der Waals surface area (Å²) in [6.45, 7) is 0.501. The maximum absolute atomic E-state index is 12.9. The maximum atomic E-state index is 12.9. The predicted molar refractivity (Wildman–Crippen MR) is 90.4 cm³/mol. The van der Waals surface area contributed by atoms with Gasteiger partial charge in [-0.2, -0.15) is 0 Å². The van der Waals surface area contributed by atoms with E-state index in [2.05, 4.69) is 10.9 Å². The highest BCUT2D eigenvalue weighted by Crippen LogP contribution is 2.22. The van der Waals surface area contributed by atoms with E-state index in [1.807, 2.05) is 0 Å². The summed E-state index contributed by atoms with van der Waals surface area (Å²) < 4.78 is 12.9. The Labute approximate surface area is 147 Å². The van der Waals surface area contributed by atoms with Crippen LogP contribution in [0.3, 0.4) is 0 Å². The molecule has 3 rings (SSSR count). The highest BCUT2D eigenvalue weighted by molar-refractivity contribution is 7.12. The van der Waals surface area contributed by atoms with E-state index in [0.717, 1.165) is 18.6 Å².